The van der Waals surface area contributed by atoms with Gasteiger partial charge in [0, 0.05) is 30.6 Å². The Morgan fingerprint density at radius 3 is 2.81 bits per heavy atom. The van der Waals surface area contributed by atoms with E-state index in [9.17, 15) is 4.79 Å². The average molecular weight is 364 g/mol. The molecule has 0 spiro atoms. The third-order valence-electron chi connectivity index (χ3n) is 4.14. The fourth-order valence-corrected chi connectivity index (χ4v) is 2.81. The first-order chi connectivity index (χ1) is 13.3. The van der Waals surface area contributed by atoms with Gasteiger partial charge in [0.1, 0.15) is 5.75 Å². The van der Waals surface area contributed by atoms with Gasteiger partial charge in [-0.3, -0.25) is 4.79 Å². The van der Waals surface area contributed by atoms with Crippen LogP contribution in [0.5, 0.6) is 11.6 Å². The van der Waals surface area contributed by atoms with Crippen LogP contribution in [0.3, 0.4) is 0 Å². The molecular formula is C22H24N2O3. The Morgan fingerprint density at radius 2 is 1.93 bits per heavy atom. The van der Waals surface area contributed by atoms with Gasteiger partial charge >= 0.3 is 0 Å². The first-order valence-corrected chi connectivity index (χ1v) is 9.21. The number of nitrogens with zero attached hydrogens (tertiary/aromatic N) is 1. The summed E-state index contributed by atoms with van der Waals surface area (Å²) < 4.78 is 11.2. The summed E-state index contributed by atoms with van der Waals surface area (Å²) in [6.45, 7) is 3.45. The monoisotopic (exact) mass is 364 g/mol. The molecular weight excluding hydrogens is 340 g/mol. The quantitative estimate of drug-likeness (QED) is 0.581. The molecule has 0 aliphatic carbocycles. The molecule has 0 aliphatic heterocycles. The zero-order chi connectivity index (χ0) is 18.9. The summed E-state index contributed by atoms with van der Waals surface area (Å²) in [4.78, 5) is 16.2. The fraction of sp³-hybridized carbons (Fsp3) is 0.273. The van der Waals surface area contributed by atoms with Gasteiger partial charge in [-0.25, -0.2) is 4.98 Å². The summed E-state index contributed by atoms with van der Waals surface area (Å²) in [7, 11) is 0. The van der Waals surface area contributed by atoms with Crippen LogP contribution in [0.25, 0.3) is 10.8 Å². The third kappa shape index (κ3) is 5.45. The van der Waals surface area contributed by atoms with Gasteiger partial charge in [0.25, 0.3) is 0 Å². The van der Waals surface area contributed by atoms with Crippen LogP contribution >= 0.6 is 0 Å². The Labute approximate surface area is 159 Å². The molecule has 0 bridgehead atoms. The Hall–Kier alpha value is -3.08. The predicted molar refractivity (Wildman–Crippen MR) is 106 cm³/mol. The van der Waals surface area contributed by atoms with Gasteiger partial charge in [-0.15, -0.1) is 0 Å². The summed E-state index contributed by atoms with van der Waals surface area (Å²) in [5, 5.41) is 5.16. The van der Waals surface area contributed by atoms with Gasteiger partial charge in [0.2, 0.25) is 11.8 Å². The van der Waals surface area contributed by atoms with E-state index in [1.807, 2.05) is 49.4 Å². The molecule has 1 N–H and O–H groups in total. The first-order valence-electron chi connectivity index (χ1n) is 9.21. The molecule has 0 atom stereocenters. The summed E-state index contributed by atoms with van der Waals surface area (Å²) in [5.74, 6) is 1.44. The second-order valence-electron chi connectivity index (χ2n) is 6.14. The average Bonchev–Trinajstić information content (AvgIpc) is 2.70. The topological polar surface area (TPSA) is 60.5 Å². The number of amides is 1. The van der Waals surface area contributed by atoms with Crippen molar-refractivity contribution in [2.24, 2.45) is 0 Å². The van der Waals surface area contributed by atoms with Gasteiger partial charge in [-0.05, 0) is 36.4 Å². The Bertz CT molecular complexity index is 890. The van der Waals surface area contributed by atoms with Crippen LogP contribution in [-0.4, -0.2) is 24.1 Å². The van der Waals surface area contributed by atoms with Crippen molar-refractivity contribution in [2.75, 3.05) is 13.2 Å². The number of ether oxygens (including phenoxy) is 2. The summed E-state index contributed by atoms with van der Waals surface area (Å²) in [6, 6.07) is 17.8. The number of carbonyl (C=O) groups excluding carboxylic acids is 1. The number of hydrogen-bond donors (Lipinski definition) is 1. The van der Waals surface area contributed by atoms with E-state index in [1.165, 1.54) is 0 Å². The lowest BCUT2D eigenvalue weighted by Crippen LogP contribution is -2.23. The van der Waals surface area contributed by atoms with Crippen LogP contribution in [-0.2, 0) is 11.3 Å². The van der Waals surface area contributed by atoms with Crippen molar-refractivity contribution in [2.45, 2.75) is 26.3 Å². The number of nitrogens with one attached hydrogen (secondary N) is 1. The minimum absolute atomic E-state index is 0.00583. The van der Waals surface area contributed by atoms with Crippen molar-refractivity contribution in [1.82, 2.24) is 10.3 Å². The lowest BCUT2D eigenvalue weighted by molar-refractivity contribution is -0.121. The molecule has 0 saturated carbocycles. The highest BCUT2D eigenvalue weighted by Crippen LogP contribution is 2.25. The minimum Gasteiger partial charge on any atom is -0.493 e. The van der Waals surface area contributed by atoms with Gasteiger partial charge in [0.15, 0.2) is 0 Å². The van der Waals surface area contributed by atoms with E-state index in [0.29, 0.717) is 38.5 Å². The maximum Gasteiger partial charge on any atom is 0.220 e. The molecule has 2 aromatic carbocycles. The summed E-state index contributed by atoms with van der Waals surface area (Å²) >= 11 is 0. The smallest absolute Gasteiger partial charge is 0.220 e. The van der Waals surface area contributed by atoms with E-state index in [0.717, 1.165) is 22.1 Å². The summed E-state index contributed by atoms with van der Waals surface area (Å²) in [6.07, 6.45) is 2.77. The minimum atomic E-state index is 0.00583. The number of hydrogen-bond acceptors (Lipinski definition) is 4. The van der Waals surface area contributed by atoms with Crippen LogP contribution in [0.15, 0.2) is 60.8 Å². The molecule has 0 aliphatic rings. The SMILES string of the molecule is CCOc1cc(CNC(=O)CCCOc2cccc3ccccc23)ccn1. The molecule has 0 unspecified atom stereocenters. The number of pyridine rings is 1. The molecule has 140 valence electrons. The normalized spacial score (nSPS) is 10.6. The maximum absolute atomic E-state index is 12.0. The Balaban J connectivity index is 1.41. The highest BCUT2D eigenvalue weighted by atomic mass is 16.5. The molecule has 3 rings (SSSR count). The fourth-order valence-electron chi connectivity index (χ4n) is 2.81. The number of carbonyl (C=O) groups is 1. The number of benzene rings is 2. The molecule has 0 fully saturated rings. The molecule has 1 amide bonds. The zero-order valence-corrected chi connectivity index (χ0v) is 15.5. The highest BCUT2D eigenvalue weighted by molar-refractivity contribution is 5.88. The molecule has 3 aromatic rings. The molecule has 5 heteroatoms. The van der Waals surface area contributed by atoms with Crippen molar-refractivity contribution < 1.29 is 14.3 Å². The van der Waals surface area contributed by atoms with Crippen molar-refractivity contribution in [3.63, 3.8) is 0 Å². The predicted octanol–water partition coefficient (Wildman–Crippen LogP) is 4.11. The number of fused-ring (bicyclic) bond motifs is 1. The van der Waals surface area contributed by atoms with Gasteiger partial charge in [-0.1, -0.05) is 36.4 Å². The van der Waals surface area contributed by atoms with Crippen molar-refractivity contribution in [3.8, 4) is 11.6 Å². The van der Waals surface area contributed by atoms with Crippen LogP contribution in [0, 0.1) is 0 Å². The van der Waals surface area contributed by atoms with Gasteiger partial charge in [0.05, 0.1) is 13.2 Å². The van der Waals surface area contributed by atoms with Crippen LogP contribution < -0.4 is 14.8 Å². The van der Waals surface area contributed by atoms with E-state index >= 15 is 0 Å². The number of rotatable bonds is 9. The van der Waals surface area contributed by atoms with Gasteiger partial charge < -0.3 is 14.8 Å². The maximum atomic E-state index is 12.0. The molecule has 0 radical (unpaired) electrons. The Morgan fingerprint density at radius 1 is 1.07 bits per heavy atom. The van der Waals surface area contributed by atoms with Crippen LogP contribution in [0.4, 0.5) is 0 Å². The second-order valence-corrected chi connectivity index (χ2v) is 6.14. The first kappa shape index (κ1) is 18.7. The molecule has 0 saturated heterocycles. The van der Waals surface area contributed by atoms with Crippen molar-refractivity contribution in [3.05, 3.63) is 66.4 Å². The molecule has 27 heavy (non-hydrogen) atoms. The van der Waals surface area contributed by atoms with Crippen molar-refractivity contribution >= 4 is 16.7 Å². The van der Waals surface area contributed by atoms with Crippen molar-refractivity contribution in [1.29, 1.82) is 0 Å². The molecule has 5 nitrogen and oxygen atoms in total. The zero-order valence-electron chi connectivity index (χ0n) is 15.5. The van der Waals surface area contributed by atoms with E-state index in [2.05, 4.69) is 22.4 Å². The third-order valence-corrected chi connectivity index (χ3v) is 4.14. The highest BCUT2D eigenvalue weighted by Gasteiger charge is 2.05. The second kappa shape index (κ2) is 9.57. The largest absolute Gasteiger partial charge is 0.493 e. The van der Waals surface area contributed by atoms with Crippen LogP contribution in [0.2, 0.25) is 0 Å². The van der Waals surface area contributed by atoms with Crippen LogP contribution in [0.1, 0.15) is 25.3 Å². The lowest BCUT2D eigenvalue weighted by atomic mass is 10.1. The standard InChI is InChI=1S/C22H24N2O3/c1-2-26-22-15-17(12-13-23-22)16-24-21(25)11-6-14-27-20-10-5-8-18-7-3-4-9-19(18)20/h3-5,7-10,12-13,15H,2,6,11,14,16H2,1H3,(H,24,25). The molecule has 1 heterocycles. The van der Waals surface area contributed by atoms with E-state index in [1.54, 1.807) is 6.20 Å². The van der Waals surface area contributed by atoms with E-state index in [-0.39, 0.29) is 5.91 Å². The van der Waals surface area contributed by atoms with Gasteiger partial charge in [-0.2, -0.15) is 0 Å². The lowest BCUT2D eigenvalue weighted by Gasteiger charge is -2.10. The Kier molecular flexibility index (Phi) is 6.63. The molecule has 1 aromatic heterocycles. The van der Waals surface area contributed by atoms with E-state index in [4.69, 9.17) is 9.47 Å². The summed E-state index contributed by atoms with van der Waals surface area (Å²) in [5.41, 5.74) is 0.966. The van der Waals surface area contributed by atoms with E-state index < -0.39 is 0 Å². The number of aromatic nitrogens is 1.